The monoisotopic (exact) mass is 373 g/mol. The van der Waals surface area contributed by atoms with Gasteiger partial charge < -0.3 is 4.90 Å². The normalized spacial score (nSPS) is 14.8. The first-order valence-electron chi connectivity index (χ1n) is 8.14. The van der Waals surface area contributed by atoms with Gasteiger partial charge in [-0.1, -0.05) is 36.4 Å². The SMILES string of the molecule is CNS(=O)(=O)c1ccc(N2CC=C(c3ccccc3)CC2)c([N+](=O)[O-])c1. The minimum atomic E-state index is -3.73. The summed E-state index contributed by atoms with van der Waals surface area (Å²) in [5.74, 6) is 0. The number of sulfonamides is 1. The van der Waals surface area contributed by atoms with Crippen LogP contribution in [0.25, 0.3) is 5.57 Å². The average Bonchev–Trinajstić information content (AvgIpc) is 2.68. The average molecular weight is 373 g/mol. The number of hydrogen-bond acceptors (Lipinski definition) is 5. The summed E-state index contributed by atoms with van der Waals surface area (Å²) in [6.07, 6.45) is 2.82. The van der Waals surface area contributed by atoms with Crippen LogP contribution < -0.4 is 9.62 Å². The maximum absolute atomic E-state index is 11.9. The summed E-state index contributed by atoms with van der Waals surface area (Å²) in [4.78, 5) is 12.7. The van der Waals surface area contributed by atoms with Crippen LogP contribution in [-0.4, -0.2) is 33.5 Å². The molecule has 8 heteroatoms. The Hall–Kier alpha value is -2.71. The quantitative estimate of drug-likeness (QED) is 0.643. The Morgan fingerprint density at radius 2 is 1.88 bits per heavy atom. The van der Waals surface area contributed by atoms with Crippen LogP contribution >= 0.6 is 0 Å². The molecule has 1 aliphatic heterocycles. The van der Waals surface area contributed by atoms with Gasteiger partial charge in [0.2, 0.25) is 10.0 Å². The molecule has 0 aliphatic carbocycles. The van der Waals surface area contributed by atoms with E-state index in [4.69, 9.17) is 0 Å². The van der Waals surface area contributed by atoms with Gasteiger partial charge in [0.05, 0.1) is 9.82 Å². The molecule has 1 heterocycles. The molecule has 3 rings (SSSR count). The number of nitrogens with zero attached hydrogens (tertiary/aromatic N) is 2. The molecule has 0 amide bonds. The van der Waals surface area contributed by atoms with Crippen molar-refractivity contribution in [1.29, 1.82) is 0 Å². The van der Waals surface area contributed by atoms with E-state index in [0.717, 1.165) is 18.1 Å². The summed E-state index contributed by atoms with van der Waals surface area (Å²) in [5, 5.41) is 11.5. The van der Waals surface area contributed by atoms with Crippen molar-refractivity contribution in [2.45, 2.75) is 11.3 Å². The molecule has 1 aliphatic rings. The predicted molar refractivity (Wildman–Crippen MR) is 101 cm³/mol. The number of hydrogen-bond donors (Lipinski definition) is 1. The van der Waals surface area contributed by atoms with E-state index < -0.39 is 14.9 Å². The molecule has 26 heavy (non-hydrogen) atoms. The second kappa shape index (κ2) is 7.27. The lowest BCUT2D eigenvalue weighted by atomic mass is 9.99. The number of anilines is 1. The lowest BCUT2D eigenvalue weighted by Crippen LogP contribution is -2.29. The van der Waals surface area contributed by atoms with E-state index in [1.807, 2.05) is 35.2 Å². The van der Waals surface area contributed by atoms with Gasteiger partial charge in [-0.25, -0.2) is 13.1 Å². The molecule has 7 nitrogen and oxygen atoms in total. The summed E-state index contributed by atoms with van der Waals surface area (Å²) >= 11 is 0. The van der Waals surface area contributed by atoms with E-state index in [2.05, 4.69) is 10.8 Å². The molecule has 0 saturated heterocycles. The van der Waals surface area contributed by atoms with Crippen LogP contribution in [0.15, 0.2) is 59.5 Å². The number of nitro benzene ring substituents is 1. The summed E-state index contributed by atoms with van der Waals surface area (Å²) < 4.78 is 26.0. The molecule has 0 fully saturated rings. The number of nitrogens with one attached hydrogen (secondary N) is 1. The lowest BCUT2D eigenvalue weighted by Gasteiger charge is -2.28. The van der Waals surface area contributed by atoms with E-state index in [0.29, 0.717) is 18.8 Å². The van der Waals surface area contributed by atoms with Crippen molar-refractivity contribution in [3.05, 3.63) is 70.3 Å². The van der Waals surface area contributed by atoms with Crippen LogP contribution in [0.1, 0.15) is 12.0 Å². The topological polar surface area (TPSA) is 92.6 Å². The summed E-state index contributed by atoms with van der Waals surface area (Å²) in [7, 11) is -2.46. The van der Waals surface area contributed by atoms with Crippen molar-refractivity contribution in [1.82, 2.24) is 4.72 Å². The van der Waals surface area contributed by atoms with Gasteiger partial charge >= 0.3 is 0 Å². The molecular weight excluding hydrogens is 354 g/mol. The van der Waals surface area contributed by atoms with Crippen LogP contribution in [-0.2, 0) is 10.0 Å². The molecule has 0 unspecified atom stereocenters. The smallest absolute Gasteiger partial charge is 0.293 e. The molecule has 0 bridgehead atoms. The van der Waals surface area contributed by atoms with Crippen molar-refractivity contribution in [2.24, 2.45) is 0 Å². The summed E-state index contributed by atoms with van der Waals surface area (Å²) in [6.45, 7) is 1.16. The Morgan fingerprint density at radius 1 is 1.15 bits per heavy atom. The van der Waals surface area contributed by atoms with E-state index in [1.54, 1.807) is 0 Å². The second-order valence-corrected chi connectivity index (χ2v) is 7.79. The lowest BCUT2D eigenvalue weighted by molar-refractivity contribution is -0.384. The Labute approximate surface area is 152 Å². The molecule has 0 spiro atoms. The van der Waals surface area contributed by atoms with Gasteiger partial charge in [0.15, 0.2) is 0 Å². The van der Waals surface area contributed by atoms with Gasteiger partial charge in [0, 0.05) is 19.2 Å². The first-order valence-corrected chi connectivity index (χ1v) is 9.62. The third-order valence-electron chi connectivity index (χ3n) is 4.42. The van der Waals surface area contributed by atoms with E-state index in [-0.39, 0.29) is 10.6 Å². The maximum atomic E-state index is 11.9. The first-order chi connectivity index (χ1) is 12.4. The van der Waals surface area contributed by atoms with Crippen LogP contribution in [0.4, 0.5) is 11.4 Å². The van der Waals surface area contributed by atoms with Gasteiger partial charge in [0.1, 0.15) is 5.69 Å². The highest BCUT2D eigenvalue weighted by atomic mass is 32.2. The van der Waals surface area contributed by atoms with Crippen molar-refractivity contribution < 1.29 is 13.3 Å². The minimum Gasteiger partial charge on any atom is -0.362 e. The Morgan fingerprint density at radius 3 is 2.46 bits per heavy atom. The standard InChI is InChI=1S/C18H19N3O4S/c1-19-26(24,25)16-7-8-17(18(13-16)21(22)23)20-11-9-15(10-12-20)14-5-3-2-4-6-14/h2-9,13,19H,10-12H2,1H3. The van der Waals surface area contributed by atoms with Crippen molar-refractivity contribution >= 4 is 27.0 Å². The van der Waals surface area contributed by atoms with Crippen LogP contribution in [0.3, 0.4) is 0 Å². The van der Waals surface area contributed by atoms with Gasteiger partial charge in [-0.3, -0.25) is 10.1 Å². The van der Waals surface area contributed by atoms with E-state index in [9.17, 15) is 18.5 Å². The molecule has 1 N–H and O–H groups in total. The van der Waals surface area contributed by atoms with Crippen molar-refractivity contribution in [3.63, 3.8) is 0 Å². The van der Waals surface area contributed by atoms with Gasteiger partial charge in [-0.05, 0) is 36.7 Å². The molecule has 2 aromatic carbocycles. The second-order valence-electron chi connectivity index (χ2n) is 5.91. The fourth-order valence-corrected chi connectivity index (χ4v) is 3.75. The molecule has 0 radical (unpaired) electrons. The van der Waals surface area contributed by atoms with Crippen molar-refractivity contribution in [2.75, 3.05) is 25.0 Å². The van der Waals surface area contributed by atoms with E-state index in [1.165, 1.54) is 24.8 Å². The highest BCUT2D eigenvalue weighted by Gasteiger charge is 2.25. The third-order valence-corrected chi connectivity index (χ3v) is 5.83. The Kier molecular flexibility index (Phi) is 5.06. The predicted octanol–water partition coefficient (Wildman–Crippen LogP) is 2.80. The highest BCUT2D eigenvalue weighted by molar-refractivity contribution is 7.89. The number of nitro groups is 1. The van der Waals surface area contributed by atoms with Gasteiger partial charge in [0.25, 0.3) is 5.69 Å². The van der Waals surface area contributed by atoms with Gasteiger partial charge in [-0.2, -0.15) is 0 Å². The number of benzene rings is 2. The minimum absolute atomic E-state index is 0.118. The largest absolute Gasteiger partial charge is 0.362 e. The third kappa shape index (κ3) is 3.61. The fraction of sp³-hybridized carbons (Fsp3) is 0.222. The van der Waals surface area contributed by atoms with Crippen LogP contribution in [0, 0.1) is 10.1 Å². The summed E-state index contributed by atoms with van der Waals surface area (Å²) in [6, 6.07) is 14.0. The maximum Gasteiger partial charge on any atom is 0.293 e. The number of rotatable bonds is 5. The first kappa shape index (κ1) is 18.1. The van der Waals surface area contributed by atoms with Crippen molar-refractivity contribution in [3.8, 4) is 0 Å². The molecule has 0 aromatic heterocycles. The fourth-order valence-electron chi connectivity index (χ4n) is 3.00. The molecule has 2 aromatic rings. The highest BCUT2D eigenvalue weighted by Crippen LogP contribution is 2.33. The summed E-state index contributed by atoms with van der Waals surface area (Å²) in [5.41, 5.74) is 2.57. The molecule has 0 atom stereocenters. The van der Waals surface area contributed by atoms with Gasteiger partial charge in [-0.15, -0.1) is 0 Å². The van der Waals surface area contributed by atoms with E-state index >= 15 is 0 Å². The van der Waals surface area contributed by atoms with Crippen LogP contribution in [0.2, 0.25) is 0 Å². The molecular formula is C18H19N3O4S. The zero-order valence-electron chi connectivity index (χ0n) is 14.3. The molecule has 0 saturated carbocycles. The Bertz CT molecular complexity index is 956. The zero-order valence-corrected chi connectivity index (χ0v) is 15.1. The molecule has 136 valence electrons. The van der Waals surface area contributed by atoms with Crippen LogP contribution in [0.5, 0.6) is 0 Å². The Balaban J connectivity index is 1.91. The zero-order chi connectivity index (χ0) is 18.7.